The number of ether oxygens (including phenoxy) is 2. The van der Waals surface area contributed by atoms with E-state index in [2.05, 4.69) is 5.32 Å². The predicted molar refractivity (Wildman–Crippen MR) is 114 cm³/mol. The summed E-state index contributed by atoms with van der Waals surface area (Å²) in [5, 5.41) is 2.84. The maximum absolute atomic E-state index is 12.7. The fourth-order valence-corrected chi connectivity index (χ4v) is 4.93. The molecule has 1 N–H and O–H groups in total. The maximum atomic E-state index is 12.7. The first kappa shape index (κ1) is 22.1. The second-order valence-corrected chi connectivity index (χ2v) is 8.91. The van der Waals surface area contributed by atoms with Crippen molar-refractivity contribution in [3.8, 4) is 11.5 Å². The third-order valence-electron chi connectivity index (χ3n) is 4.86. The van der Waals surface area contributed by atoms with E-state index in [1.54, 1.807) is 12.1 Å². The molecule has 1 amide bonds. The van der Waals surface area contributed by atoms with Crippen molar-refractivity contribution in [3.05, 3.63) is 53.6 Å². The number of hydrogen-bond donors (Lipinski definition) is 1. The number of nitrogens with zero attached hydrogens (tertiary/aromatic N) is 1. The van der Waals surface area contributed by atoms with Gasteiger partial charge in [0.15, 0.2) is 11.5 Å². The molecule has 0 spiro atoms. The van der Waals surface area contributed by atoms with Gasteiger partial charge < -0.3 is 14.8 Å². The van der Waals surface area contributed by atoms with Gasteiger partial charge in [-0.1, -0.05) is 12.1 Å². The van der Waals surface area contributed by atoms with Crippen LogP contribution in [0.5, 0.6) is 11.5 Å². The number of carbonyl (C=O) groups is 1. The van der Waals surface area contributed by atoms with E-state index in [9.17, 15) is 13.2 Å². The molecular weight excluding hydrogens is 404 g/mol. The normalized spacial score (nSPS) is 14.5. The summed E-state index contributed by atoms with van der Waals surface area (Å²) in [6, 6.07) is 11.7. The van der Waals surface area contributed by atoms with Gasteiger partial charge in [0.25, 0.3) is 5.91 Å². The summed E-state index contributed by atoms with van der Waals surface area (Å²) in [4.78, 5) is 12.8. The van der Waals surface area contributed by atoms with E-state index in [-0.39, 0.29) is 17.3 Å². The van der Waals surface area contributed by atoms with Gasteiger partial charge >= 0.3 is 0 Å². The van der Waals surface area contributed by atoms with Crippen LogP contribution in [-0.4, -0.2) is 44.9 Å². The lowest BCUT2D eigenvalue weighted by Gasteiger charge is -2.16. The maximum Gasteiger partial charge on any atom is 0.251 e. The molecule has 8 heteroatoms. The number of amides is 1. The zero-order valence-electron chi connectivity index (χ0n) is 17.4. The molecule has 1 saturated heterocycles. The van der Waals surface area contributed by atoms with Crippen molar-refractivity contribution in [2.24, 2.45) is 0 Å². The average molecular weight is 433 g/mol. The number of sulfonamides is 1. The molecule has 0 bridgehead atoms. The van der Waals surface area contributed by atoms with Crippen LogP contribution in [0, 0.1) is 0 Å². The summed E-state index contributed by atoms with van der Waals surface area (Å²) in [6.45, 7) is 6.18. The van der Waals surface area contributed by atoms with Crippen LogP contribution in [0.4, 0.5) is 0 Å². The van der Waals surface area contributed by atoms with Gasteiger partial charge in [-0.05, 0) is 62.6 Å². The topological polar surface area (TPSA) is 84.9 Å². The van der Waals surface area contributed by atoms with E-state index in [0.717, 1.165) is 18.4 Å². The Hall–Kier alpha value is -2.58. The van der Waals surface area contributed by atoms with Gasteiger partial charge in [0, 0.05) is 25.2 Å². The summed E-state index contributed by atoms with van der Waals surface area (Å²) in [5.41, 5.74) is 1.17. The third kappa shape index (κ3) is 5.12. The molecule has 1 aliphatic heterocycles. The van der Waals surface area contributed by atoms with E-state index in [4.69, 9.17) is 9.47 Å². The minimum atomic E-state index is -3.56. The molecule has 0 saturated carbocycles. The molecule has 0 radical (unpaired) electrons. The lowest BCUT2D eigenvalue weighted by Crippen LogP contribution is -2.28. The minimum Gasteiger partial charge on any atom is -0.490 e. The average Bonchev–Trinajstić information content (AvgIpc) is 3.30. The Bertz CT molecular complexity index is 985. The van der Waals surface area contributed by atoms with Crippen LogP contribution in [0.3, 0.4) is 0 Å². The lowest BCUT2D eigenvalue weighted by atomic mass is 10.1. The highest BCUT2D eigenvalue weighted by Crippen LogP contribution is 2.28. The number of hydrogen-bond acceptors (Lipinski definition) is 5. The van der Waals surface area contributed by atoms with Crippen LogP contribution >= 0.6 is 0 Å². The molecule has 0 aromatic heterocycles. The molecule has 3 rings (SSSR count). The van der Waals surface area contributed by atoms with E-state index in [1.165, 1.54) is 16.4 Å². The molecule has 1 aliphatic rings. The first-order valence-corrected chi connectivity index (χ1v) is 11.7. The quantitative estimate of drug-likeness (QED) is 0.658. The second kappa shape index (κ2) is 9.95. The van der Waals surface area contributed by atoms with Crippen molar-refractivity contribution < 1.29 is 22.7 Å². The van der Waals surface area contributed by atoms with Crippen LogP contribution in [0.1, 0.15) is 42.6 Å². The molecule has 1 fully saturated rings. The van der Waals surface area contributed by atoms with Gasteiger partial charge in [-0.3, -0.25) is 4.79 Å². The standard InChI is InChI=1S/C22H28N2O5S/c1-3-28-20-11-10-17(14-21(20)29-4-2)16-23-22(25)18-8-7-9-19(15-18)30(26,27)24-12-5-6-13-24/h7-11,14-15H,3-6,12-13,16H2,1-2H3,(H,23,25). The highest BCUT2D eigenvalue weighted by molar-refractivity contribution is 7.89. The number of nitrogens with one attached hydrogen (secondary N) is 1. The SMILES string of the molecule is CCOc1ccc(CNC(=O)c2cccc(S(=O)(=O)N3CCCC3)c2)cc1OCC. The Morgan fingerprint density at radius 2 is 1.70 bits per heavy atom. The first-order chi connectivity index (χ1) is 14.5. The van der Waals surface area contributed by atoms with Crippen molar-refractivity contribution in [1.29, 1.82) is 0 Å². The molecule has 162 valence electrons. The van der Waals surface area contributed by atoms with Crippen LogP contribution in [0.15, 0.2) is 47.4 Å². The van der Waals surface area contributed by atoms with Gasteiger partial charge in [-0.2, -0.15) is 4.31 Å². The number of rotatable bonds is 9. The monoisotopic (exact) mass is 432 g/mol. The largest absolute Gasteiger partial charge is 0.490 e. The van der Waals surface area contributed by atoms with Crippen LogP contribution < -0.4 is 14.8 Å². The molecular formula is C22H28N2O5S. The fraction of sp³-hybridized carbons (Fsp3) is 0.409. The van der Waals surface area contributed by atoms with E-state index in [0.29, 0.717) is 43.4 Å². The second-order valence-electron chi connectivity index (χ2n) is 6.97. The van der Waals surface area contributed by atoms with Gasteiger partial charge in [0.05, 0.1) is 18.1 Å². The fourth-order valence-electron chi connectivity index (χ4n) is 3.37. The van der Waals surface area contributed by atoms with Crippen molar-refractivity contribution in [1.82, 2.24) is 9.62 Å². The summed E-state index contributed by atoms with van der Waals surface area (Å²) in [6.07, 6.45) is 1.73. The molecule has 2 aromatic rings. The summed E-state index contributed by atoms with van der Waals surface area (Å²) in [5.74, 6) is 0.958. The van der Waals surface area contributed by atoms with Crippen LogP contribution in [0.25, 0.3) is 0 Å². The molecule has 0 aliphatic carbocycles. The summed E-state index contributed by atoms with van der Waals surface area (Å²) >= 11 is 0. The Morgan fingerprint density at radius 3 is 2.40 bits per heavy atom. The van der Waals surface area contributed by atoms with Gasteiger partial charge in [-0.25, -0.2) is 8.42 Å². The molecule has 0 atom stereocenters. The van der Waals surface area contributed by atoms with Crippen LogP contribution in [-0.2, 0) is 16.6 Å². The van der Waals surface area contributed by atoms with Crippen molar-refractivity contribution >= 4 is 15.9 Å². The highest BCUT2D eigenvalue weighted by Gasteiger charge is 2.27. The van der Waals surface area contributed by atoms with E-state index in [1.807, 2.05) is 32.0 Å². The Labute approximate surface area is 178 Å². The molecule has 1 heterocycles. The summed E-state index contributed by atoms with van der Waals surface area (Å²) < 4.78 is 38.1. The van der Waals surface area contributed by atoms with Gasteiger partial charge in [-0.15, -0.1) is 0 Å². The lowest BCUT2D eigenvalue weighted by molar-refractivity contribution is 0.0950. The minimum absolute atomic E-state index is 0.150. The van der Waals surface area contributed by atoms with E-state index < -0.39 is 10.0 Å². The molecule has 30 heavy (non-hydrogen) atoms. The van der Waals surface area contributed by atoms with Crippen molar-refractivity contribution in [3.63, 3.8) is 0 Å². The number of benzene rings is 2. The number of carbonyl (C=O) groups excluding carboxylic acids is 1. The Morgan fingerprint density at radius 1 is 1.00 bits per heavy atom. The summed E-state index contributed by atoms with van der Waals surface area (Å²) in [7, 11) is -3.56. The van der Waals surface area contributed by atoms with Crippen molar-refractivity contribution in [2.45, 2.75) is 38.1 Å². The highest BCUT2D eigenvalue weighted by atomic mass is 32.2. The zero-order chi connectivity index (χ0) is 21.6. The molecule has 2 aromatic carbocycles. The third-order valence-corrected chi connectivity index (χ3v) is 6.75. The Balaban J connectivity index is 1.70. The zero-order valence-corrected chi connectivity index (χ0v) is 18.2. The smallest absolute Gasteiger partial charge is 0.251 e. The van der Waals surface area contributed by atoms with Gasteiger partial charge in [0.2, 0.25) is 10.0 Å². The molecule has 0 unspecified atom stereocenters. The van der Waals surface area contributed by atoms with Crippen molar-refractivity contribution in [2.75, 3.05) is 26.3 Å². The van der Waals surface area contributed by atoms with Gasteiger partial charge in [0.1, 0.15) is 0 Å². The molecule has 7 nitrogen and oxygen atoms in total. The van der Waals surface area contributed by atoms with Crippen LogP contribution in [0.2, 0.25) is 0 Å². The first-order valence-electron chi connectivity index (χ1n) is 10.2. The van der Waals surface area contributed by atoms with E-state index >= 15 is 0 Å². The predicted octanol–water partition coefficient (Wildman–Crippen LogP) is 3.20. The Kier molecular flexibility index (Phi) is 7.33.